The summed E-state index contributed by atoms with van der Waals surface area (Å²) in [7, 11) is 1.70. The zero-order valence-corrected chi connectivity index (χ0v) is 14.7. The van der Waals surface area contributed by atoms with Crippen molar-refractivity contribution in [3.8, 4) is 0 Å². The van der Waals surface area contributed by atoms with Crippen LogP contribution >= 0.6 is 0 Å². The van der Waals surface area contributed by atoms with E-state index in [1.807, 2.05) is 19.1 Å². The van der Waals surface area contributed by atoms with Crippen LogP contribution in [-0.2, 0) is 9.53 Å². The highest BCUT2D eigenvalue weighted by molar-refractivity contribution is 5.49. The van der Waals surface area contributed by atoms with Crippen molar-refractivity contribution in [2.75, 3.05) is 7.11 Å². The minimum atomic E-state index is 0.625. The van der Waals surface area contributed by atoms with Gasteiger partial charge in [-0.15, -0.1) is 0 Å². The van der Waals surface area contributed by atoms with E-state index < -0.39 is 0 Å². The van der Waals surface area contributed by atoms with Gasteiger partial charge in [-0.05, 0) is 57.3 Å². The van der Waals surface area contributed by atoms with Gasteiger partial charge in [0, 0.05) is 5.70 Å². The first-order valence-electron chi connectivity index (χ1n) is 8.01. The third-order valence-corrected chi connectivity index (χ3v) is 3.58. The Kier molecular flexibility index (Phi) is 11.9. The summed E-state index contributed by atoms with van der Waals surface area (Å²) in [6, 6.07) is 0. The molecule has 3 nitrogen and oxygen atoms in total. The van der Waals surface area contributed by atoms with Crippen LogP contribution in [-0.4, -0.2) is 13.5 Å². The van der Waals surface area contributed by atoms with Crippen molar-refractivity contribution in [1.29, 1.82) is 0 Å². The molecule has 0 saturated heterocycles. The minimum Gasteiger partial charge on any atom is -0.497 e. The van der Waals surface area contributed by atoms with Crippen LogP contribution in [0.1, 0.15) is 53.4 Å². The van der Waals surface area contributed by atoms with E-state index in [4.69, 9.17) is 4.74 Å². The Hall–Kier alpha value is -1.77. The van der Waals surface area contributed by atoms with Crippen molar-refractivity contribution in [2.45, 2.75) is 53.4 Å². The van der Waals surface area contributed by atoms with Crippen LogP contribution in [0, 0.1) is 5.92 Å². The molecule has 1 amide bonds. The normalized spacial score (nSPS) is 16.1. The van der Waals surface area contributed by atoms with Gasteiger partial charge in [0.05, 0.1) is 7.11 Å². The summed E-state index contributed by atoms with van der Waals surface area (Å²) in [4.78, 5) is 10.1. The summed E-state index contributed by atoms with van der Waals surface area (Å²) in [6.07, 6.45) is 15.7. The summed E-state index contributed by atoms with van der Waals surface area (Å²) in [5.41, 5.74) is 2.24. The standard InChI is InChI=1S/C12H21NO.C7H10O/c1-5-6-10(2)11(3)7-8-12(4)13-9-14;1-8-7-5-3-2-4-6-7/h7-10H,5-6H2,1-4H3,(H,13,14);3,5-6H,2,4H2,1H3/b11-7+,12-8+;. The van der Waals surface area contributed by atoms with Gasteiger partial charge >= 0.3 is 0 Å². The lowest BCUT2D eigenvalue weighted by molar-refractivity contribution is -0.108. The third-order valence-electron chi connectivity index (χ3n) is 3.58. The fourth-order valence-electron chi connectivity index (χ4n) is 1.96. The molecule has 0 aromatic carbocycles. The first-order chi connectivity index (χ1) is 10.5. The van der Waals surface area contributed by atoms with E-state index >= 15 is 0 Å². The van der Waals surface area contributed by atoms with Crippen LogP contribution in [0.2, 0.25) is 0 Å². The summed E-state index contributed by atoms with van der Waals surface area (Å²) >= 11 is 0. The highest BCUT2D eigenvalue weighted by Gasteiger charge is 2.00. The summed E-state index contributed by atoms with van der Waals surface area (Å²) in [6.45, 7) is 8.43. The summed E-state index contributed by atoms with van der Waals surface area (Å²) < 4.78 is 4.97. The van der Waals surface area contributed by atoms with E-state index in [0.717, 1.165) is 24.3 Å². The number of hydrogen-bond donors (Lipinski definition) is 1. The van der Waals surface area contributed by atoms with Gasteiger partial charge in [0.1, 0.15) is 5.76 Å². The molecule has 1 rings (SSSR count). The van der Waals surface area contributed by atoms with Crippen molar-refractivity contribution >= 4 is 6.41 Å². The smallest absolute Gasteiger partial charge is 0.211 e. The van der Waals surface area contributed by atoms with E-state index in [1.165, 1.54) is 18.4 Å². The number of ether oxygens (including phenoxy) is 1. The number of methoxy groups -OCH3 is 1. The Morgan fingerprint density at radius 1 is 1.36 bits per heavy atom. The minimum absolute atomic E-state index is 0.625. The van der Waals surface area contributed by atoms with Crippen molar-refractivity contribution in [3.05, 3.63) is 47.4 Å². The molecular formula is C19H31NO2. The summed E-state index contributed by atoms with van der Waals surface area (Å²) in [5, 5.41) is 2.61. The Morgan fingerprint density at radius 2 is 2.09 bits per heavy atom. The summed E-state index contributed by atoms with van der Waals surface area (Å²) in [5.74, 6) is 1.62. The number of allylic oxidation sites excluding steroid dienone is 7. The van der Waals surface area contributed by atoms with Crippen LogP contribution < -0.4 is 5.32 Å². The lowest BCUT2D eigenvalue weighted by Gasteiger charge is -2.09. The average Bonchev–Trinajstić information content (AvgIpc) is 2.54. The molecule has 0 bridgehead atoms. The Bertz CT molecular complexity index is 431. The number of carbonyl (C=O) groups is 1. The number of hydrogen-bond acceptors (Lipinski definition) is 2. The van der Waals surface area contributed by atoms with Gasteiger partial charge < -0.3 is 10.1 Å². The second kappa shape index (κ2) is 12.9. The number of rotatable bonds is 7. The number of amides is 1. The molecule has 1 N–H and O–H groups in total. The molecule has 0 aliphatic heterocycles. The highest BCUT2D eigenvalue weighted by Crippen LogP contribution is 2.15. The van der Waals surface area contributed by atoms with Gasteiger partial charge in [-0.2, -0.15) is 0 Å². The van der Waals surface area contributed by atoms with Crippen LogP contribution in [0.4, 0.5) is 0 Å². The monoisotopic (exact) mass is 305 g/mol. The van der Waals surface area contributed by atoms with Gasteiger partial charge in [-0.25, -0.2) is 0 Å². The molecule has 0 spiro atoms. The van der Waals surface area contributed by atoms with E-state index in [-0.39, 0.29) is 0 Å². The Balaban J connectivity index is 0.000000461. The Morgan fingerprint density at radius 3 is 2.55 bits per heavy atom. The van der Waals surface area contributed by atoms with Gasteiger partial charge in [-0.3, -0.25) is 4.79 Å². The molecule has 3 heteroatoms. The molecule has 1 unspecified atom stereocenters. The largest absolute Gasteiger partial charge is 0.497 e. The van der Waals surface area contributed by atoms with Crippen LogP contribution in [0.5, 0.6) is 0 Å². The van der Waals surface area contributed by atoms with Crippen LogP contribution in [0.15, 0.2) is 47.4 Å². The van der Waals surface area contributed by atoms with Crippen molar-refractivity contribution in [2.24, 2.45) is 5.92 Å². The van der Waals surface area contributed by atoms with Gasteiger partial charge in [0.25, 0.3) is 0 Å². The van der Waals surface area contributed by atoms with E-state index in [1.54, 1.807) is 7.11 Å². The molecule has 22 heavy (non-hydrogen) atoms. The average molecular weight is 305 g/mol. The maximum absolute atomic E-state index is 10.1. The predicted molar refractivity (Wildman–Crippen MR) is 94.3 cm³/mol. The lowest BCUT2D eigenvalue weighted by Crippen LogP contribution is -2.06. The van der Waals surface area contributed by atoms with E-state index in [9.17, 15) is 4.79 Å². The van der Waals surface area contributed by atoms with E-state index in [2.05, 4.69) is 44.3 Å². The number of nitrogens with one attached hydrogen (secondary N) is 1. The molecule has 0 aromatic rings. The zero-order valence-electron chi connectivity index (χ0n) is 14.7. The van der Waals surface area contributed by atoms with Gasteiger partial charge in [-0.1, -0.05) is 38.0 Å². The second-order valence-electron chi connectivity index (χ2n) is 5.50. The molecule has 1 aliphatic carbocycles. The predicted octanol–water partition coefficient (Wildman–Crippen LogP) is 4.89. The molecule has 0 radical (unpaired) electrons. The molecule has 0 heterocycles. The fourth-order valence-corrected chi connectivity index (χ4v) is 1.96. The quantitative estimate of drug-likeness (QED) is 0.537. The molecule has 124 valence electrons. The number of carbonyl (C=O) groups excluding carboxylic acids is 1. The first-order valence-corrected chi connectivity index (χ1v) is 8.01. The van der Waals surface area contributed by atoms with Gasteiger partial charge in [0.2, 0.25) is 6.41 Å². The van der Waals surface area contributed by atoms with Crippen molar-refractivity contribution in [1.82, 2.24) is 5.32 Å². The molecule has 0 saturated carbocycles. The highest BCUT2D eigenvalue weighted by atomic mass is 16.5. The molecule has 0 fully saturated rings. The molecule has 1 atom stereocenters. The molecule has 0 aromatic heterocycles. The van der Waals surface area contributed by atoms with Crippen LogP contribution in [0.25, 0.3) is 0 Å². The van der Waals surface area contributed by atoms with E-state index in [0.29, 0.717) is 12.3 Å². The molecule has 1 aliphatic rings. The second-order valence-corrected chi connectivity index (χ2v) is 5.50. The lowest BCUT2D eigenvalue weighted by atomic mass is 9.97. The maximum atomic E-state index is 10.1. The van der Waals surface area contributed by atoms with Crippen LogP contribution in [0.3, 0.4) is 0 Å². The van der Waals surface area contributed by atoms with Crippen molar-refractivity contribution < 1.29 is 9.53 Å². The van der Waals surface area contributed by atoms with Gasteiger partial charge in [0.15, 0.2) is 0 Å². The SMILES string of the molecule is CCCC(C)/C(C)=C/C=C(\C)NC=O.COC1=CCCC=C1. The zero-order chi connectivity index (χ0) is 16.8. The molecular weight excluding hydrogens is 274 g/mol. The third kappa shape index (κ3) is 10.0. The van der Waals surface area contributed by atoms with Crippen molar-refractivity contribution in [3.63, 3.8) is 0 Å². The first kappa shape index (κ1) is 20.2. The topological polar surface area (TPSA) is 38.3 Å². The fraction of sp³-hybridized carbons (Fsp3) is 0.526. The Labute approximate surface area is 135 Å². The maximum Gasteiger partial charge on any atom is 0.211 e.